The van der Waals surface area contributed by atoms with Crippen molar-refractivity contribution in [3.05, 3.63) is 24.8 Å². The maximum Gasteiger partial charge on any atom is -0.0302 e. The summed E-state index contributed by atoms with van der Waals surface area (Å²) in [6.45, 7) is 15.3. The van der Waals surface area contributed by atoms with E-state index in [9.17, 15) is 0 Å². The molecule has 0 heterocycles. The van der Waals surface area contributed by atoms with E-state index in [0.29, 0.717) is 10.8 Å². The van der Waals surface area contributed by atoms with E-state index in [4.69, 9.17) is 0 Å². The van der Waals surface area contributed by atoms with Gasteiger partial charge in [0.2, 0.25) is 0 Å². The minimum absolute atomic E-state index is 0.411. The second-order valence-electron chi connectivity index (χ2n) is 6.43. The van der Waals surface area contributed by atoms with E-state index >= 15 is 0 Å². The van der Waals surface area contributed by atoms with Gasteiger partial charge in [-0.15, -0.1) is 6.58 Å². The monoisotopic (exact) mass is 208 g/mol. The summed E-state index contributed by atoms with van der Waals surface area (Å²) < 4.78 is 0. The van der Waals surface area contributed by atoms with E-state index in [-0.39, 0.29) is 0 Å². The molecule has 0 fully saturated rings. The lowest BCUT2D eigenvalue weighted by molar-refractivity contribution is 0.342. The molecule has 0 aliphatic heterocycles. The van der Waals surface area contributed by atoms with Crippen LogP contribution in [0.15, 0.2) is 24.8 Å². The van der Waals surface area contributed by atoms with E-state index in [1.54, 1.807) is 0 Å². The van der Waals surface area contributed by atoms with Crippen molar-refractivity contribution in [2.75, 3.05) is 0 Å². The molecule has 0 aromatic carbocycles. The third-order valence-electron chi connectivity index (χ3n) is 2.58. The van der Waals surface area contributed by atoms with E-state index in [1.165, 1.54) is 19.3 Å². The van der Waals surface area contributed by atoms with Gasteiger partial charge in [-0.25, -0.2) is 0 Å². The number of hydrogen-bond acceptors (Lipinski definition) is 0. The highest BCUT2D eigenvalue weighted by atomic mass is 14.2. The van der Waals surface area contributed by atoms with Gasteiger partial charge in [-0.2, -0.15) is 0 Å². The fraction of sp³-hybridized carbons (Fsp3) is 0.733. The van der Waals surface area contributed by atoms with E-state index < -0.39 is 0 Å². The summed E-state index contributed by atoms with van der Waals surface area (Å²) in [4.78, 5) is 0. The fourth-order valence-corrected chi connectivity index (χ4v) is 1.52. The van der Waals surface area contributed by atoms with Crippen molar-refractivity contribution in [2.45, 2.75) is 60.3 Å². The molecular formula is C15H28. The van der Waals surface area contributed by atoms with Gasteiger partial charge < -0.3 is 0 Å². The van der Waals surface area contributed by atoms with Crippen LogP contribution in [0.3, 0.4) is 0 Å². The van der Waals surface area contributed by atoms with Crippen molar-refractivity contribution in [1.29, 1.82) is 0 Å². The largest absolute Gasteiger partial charge is 0.103 e. The van der Waals surface area contributed by atoms with E-state index in [2.05, 4.69) is 53.3 Å². The average molecular weight is 208 g/mol. The quantitative estimate of drug-likeness (QED) is 0.515. The molecule has 0 aromatic rings. The Morgan fingerprint density at radius 3 is 2.00 bits per heavy atom. The molecule has 15 heavy (non-hydrogen) atoms. The van der Waals surface area contributed by atoms with Gasteiger partial charge in [0.25, 0.3) is 0 Å². The lowest BCUT2D eigenvalue weighted by atomic mass is 9.84. The number of hydrogen-bond donors (Lipinski definition) is 0. The third-order valence-corrected chi connectivity index (χ3v) is 2.58. The van der Waals surface area contributed by atoms with Crippen LogP contribution < -0.4 is 0 Å². The van der Waals surface area contributed by atoms with Gasteiger partial charge in [0.05, 0.1) is 0 Å². The van der Waals surface area contributed by atoms with Crippen molar-refractivity contribution in [3.63, 3.8) is 0 Å². The van der Waals surface area contributed by atoms with Crippen LogP contribution in [0.25, 0.3) is 0 Å². The Bertz CT molecular complexity index is 201. The minimum atomic E-state index is 0.411. The molecule has 0 rings (SSSR count). The molecule has 0 aliphatic carbocycles. The molecule has 0 unspecified atom stereocenters. The van der Waals surface area contributed by atoms with E-state index in [0.717, 1.165) is 6.42 Å². The highest BCUT2D eigenvalue weighted by molar-refractivity contribution is 4.88. The van der Waals surface area contributed by atoms with Crippen LogP contribution in [0.5, 0.6) is 0 Å². The highest BCUT2D eigenvalue weighted by Crippen LogP contribution is 2.27. The molecule has 0 aromatic heterocycles. The summed E-state index contributed by atoms with van der Waals surface area (Å²) in [5.74, 6) is 0. The standard InChI is InChI=1S/C15H28/c1-7-11-15(5,6)13-10-8-9-12-14(2,3)4/h7-9H,1,10-13H2,2-6H3. The molecule has 0 saturated heterocycles. The summed E-state index contributed by atoms with van der Waals surface area (Å²) in [6.07, 6.45) is 11.4. The molecule has 0 atom stereocenters. The predicted octanol–water partition coefficient (Wildman–Crippen LogP) is 5.36. The van der Waals surface area contributed by atoms with Crippen LogP contribution in [-0.2, 0) is 0 Å². The Morgan fingerprint density at radius 2 is 1.53 bits per heavy atom. The first-order chi connectivity index (χ1) is 6.77. The lowest BCUT2D eigenvalue weighted by Gasteiger charge is -2.21. The van der Waals surface area contributed by atoms with Crippen LogP contribution in [0.4, 0.5) is 0 Å². The van der Waals surface area contributed by atoms with Crippen molar-refractivity contribution in [1.82, 2.24) is 0 Å². The molecule has 0 nitrogen and oxygen atoms in total. The second kappa shape index (κ2) is 6.15. The van der Waals surface area contributed by atoms with Crippen LogP contribution >= 0.6 is 0 Å². The maximum absolute atomic E-state index is 3.80. The molecule has 0 spiro atoms. The number of allylic oxidation sites excluding steroid dienone is 3. The van der Waals surface area contributed by atoms with Crippen molar-refractivity contribution < 1.29 is 0 Å². The van der Waals surface area contributed by atoms with Gasteiger partial charge in [-0.3, -0.25) is 0 Å². The predicted molar refractivity (Wildman–Crippen MR) is 71.0 cm³/mol. The first-order valence-corrected chi connectivity index (χ1v) is 6.03. The molecular weight excluding hydrogens is 180 g/mol. The Hall–Kier alpha value is -0.520. The highest BCUT2D eigenvalue weighted by Gasteiger charge is 2.14. The second-order valence-corrected chi connectivity index (χ2v) is 6.43. The van der Waals surface area contributed by atoms with Crippen molar-refractivity contribution >= 4 is 0 Å². The molecule has 0 saturated carbocycles. The summed E-state index contributed by atoms with van der Waals surface area (Å²) in [7, 11) is 0. The Balaban J connectivity index is 3.74. The topological polar surface area (TPSA) is 0 Å². The van der Waals surface area contributed by atoms with Crippen LogP contribution in [0.2, 0.25) is 0 Å². The Kier molecular flexibility index (Phi) is 5.93. The molecule has 0 radical (unpaired) electrons. The van der Waals surface area contributed by atoms with Crippen molar-refractivity contribution in [3.8, 4) is 0 Å². The fourth-order valence-electron chi connectivity index (χ4n) is 1.52. The summed E-state index contributed by atoms with van der Waals surface area (Å²) in [6, 6.07) is 0. The average Bonchev–Trinajstić information content (AvgIpc) is 2.00. The molecule has 0 amide bonds. The zero-order valence-corrected chi connectivity index (χ0v) is 11.3. The first-order valence-electron chi connectivity index (χ1n) is 6.03. The zero-order chi connectivity index (χ0) is 11.9. The normalized spacial score (nSPS) is 13.4. The van der Waals surface area contributed by atoms with Gasteiger partial charge >= 0.3 is 0 Å². The van der Waals surface area contributed by atoms with Crippen LogP contribution in [0, 0.1) is 10.8 Å². The van der Waals surface area contributed by atoms with Crippen molar-refractivity contribution in [2.24, 2.45) is 10.8 Å². The zero-order valence-electron chi connectivity index (χ0n) is 11.3. The molecule has 0 aliphatic rings. The third kappa shape index (κ3) is 9.78. The van der Waals surface area contributed by atoms with Gasteiger partial charge in [0.15, 0.2) is 0 Å². The molecule has 0 bridgehead atoms. The summed E-state index contributed by atoms with van der Waals surface area (Å²) in [5.41, 5.74) is 0.834. The Morgan fingerprint density at radius 1 is 0.933 bits per heavy atom. The Labute approximate surface area is 96.5 Å². The van der Waals surface area contributed by atoms with Gasteiger partial charge in [-0.1, -0.05) is 52.8 Å². The maximum atomic E-state index is 3.80. The van der Waals surface area contributed by atoms with Crippen LogP contribution in [0.1, 0.15) is 60.3 Å². The van der Waals surface area contributed by atoms with Gasteiger partial charge in [0, 0.05) is 0 Å². The van der Waals surface area contributed by atoms with Gasteiger partial charge in [0.1, 0.15) is 0 Å². The molecule has 0 N–H and O–H groups in total. The number of rotatable bonds is 6. The van der Waals surface area contributed by atoms with E-state index in [1.807, 2.05) is 6.08 Å². The SMILES string of the molecule is C=CCC(C)(C)CCC=CCC(C)(C)C. The van der Waals surface area contributed by atoms with Crippen LogP contribution in [-0.4, -0.2) is 0 Å². The first kappa shape index (κ1) is 14.5. The smallest absolute Gasteiger partial charge is 0.0302 e. The lowest BCUT2D eigenvalue weighted by Crippen LogP contribution is -2.08. The molecule has 0 heteroatoms. The molecule has 88 valence electrons. The summed E-state index contributed by atoms with van der Waals surface area (Å²) >= 11 is 0. The minimum Gasteiger partial charge on any atom is -0.103 e. The van der Waals surface area contributed by atoms with Gasteiger partial charge in [-0.05, 0) is 36.5 Å². The summed E-state index contributed by atoms with van der Waals surface area (Å²) in [5, 5.41) is 0.